The molecule has 8 nitrogen and oxygen atoms in total. The van der Waals surface area contributed by atoms with Crippen LogP contribution in [0.25, 0.3) is 10.8 Å². The number of pyridine rings is 1. The zero-order valence-corrected chi connectivity index (χ0v) is 21.7. The van der Waals surface area contributed by atoms with Gasteiger partial charge < -0.3 is 25.0 Å². The first-order valence-corrected chi connectivity index (χ1v) is 12.2. The van der Waals surface area contributed by atoms with Crippen LogP contribution < -0.4 is 20.1 Å². The molecular formula is C27H31ClN4O4. The second kappa shape index (κ2) is 10.6. The number of ether oxygens (including phenoxy) is 2. The van der Waals surface area contributed by atoms with Crippen LogP contribution in [0.2, 0.25) is 5.02 Å². The lowest BCUT2D eigenvalue weighted by Crippen LogP contribution is -2.40. The first-order chi connectivity index (χ1) is 17.1. The quantitative estimate of drug-likeness (QED) is 0.485. The molecule has 1 aliphatic rings. The van der Waals surface area contributed by atoms with Crippen LogP contribution >= 0.6 is 11.6 Å². The minimum atomic E-state index is -0.329. The first kappa shape index (κ1) is 25.6. The van der Waals surface area contributed by atoms with Crippen LogP contribution in [0.15, 0.2) is 48.7 Å². The molecule has 2 N–H and O–H groups in total. The number of fused-ring (bicyclic) bond motifs is 1. The normalized spacial score (nSPS) is 15.6. The predicted octanol–water partition coefficient (Wildman–Crippen LogP) is 4.52. The van der Waals surface area contributed by atoms with Crippen LogP contribution in [-0.4, -0.2) is 60.1 Å². The highest BCUT2D eigenvalue weighted by molar-refractivity contribution is 6.31. The number of likely N-dealkylation sites (tertiary alicyclic amines) is 1. The Balaban J connectivity index is 1.35. The van der Waals surface area contributed by atoms with E-state index >= 15 is 0 Å². The molecule has 0 aliphatic carbocycles. The molecule has 1 fully saturated rings. The second-order valence-electron chi connectivity index (χ2n) is 9.83. The highest BCUT2D eigenvalue weighted by Crippen LogP contribution is 2.34. The fourth-order valence-electron chi connectivity index (χ4n) is 4.10. The van der Waals surface area contributed by atoms with Gasteiger partial charge >= 0.3 is 0 Å². The maximum atomic E-state index is 12.8. The lowest BCUT2D eigenvalue weighted by Gasteiger charge is -2.21. The van der Waals surface area contributed by atoms with Crippen molar-refractivity contribution in [3.63, 3.8) is 0 Å². The summed E-state index contributed by atoms with van der Waals surface area (Å²) in [7, 11) is 1.59. The van der Waals surface area contributed by atoms with Crippen LogP contribution in [0, 0.1) is 0 Å². The van der Waals surface area contributed by atoms with Crippen molar-refractivity contribution in [2.45, 2.75) is 38.8 Å². The summed E-state index contributed by atoms with van der Waals surface area (Å²) in [6.07, 6.45) is 2.15. The van der Waals surface area contributed by atoms with E-state index in [1.165, 1.54) is 0 Å². The van der Waals surface area contributed by atoms with Gasteiger partial charge in [0.2, 0.25) is 11.8 Å². The molecule has 0 spiro atoms. The lowest BCUT2D eigenvalue weighted by atomic mass is 10.1. The van der Waals surface area contributed by atoms with E-state index in [0.29, 0.717) is 47.4 Å². The van der Waals surface area contributed by atoms with E-state index in [4.69, 9.17) is 21.1 Å². The fourth-order valence-corrected chi connectivity index (χ4v) is 4.27. The molecule has 2 heterocycles. The first-order valence-electron chi connectivity index (χ1n) is 11.9. The van der Waals surface area contributed by atoms with E-state index in [2.05, 4.69) is 15.6 Å². The molecular weight excluding hydrogens is 480 g/mol. The molecule has 36 heavy (non-hydrogen) atoms. The van der Waals surface area contributed by atoms with E-state index in [1.807, 2.05) is 32.9 Å². The van der Waals surface area contributed by atoms with Gasteiger partial charge in [-0.05, 0) is 57.2 Å². The van der Waals surface area contributed by atoms with Gasteiger partial charge in [0.15, 0.2) is 0 Å². The number of nitrogens with zero attached hydrogens (tertiary/aromatic N) is 2. The minimum absolute atomic E-state index is 0.0405. The van der Waals surface area contributed by atoms with E-state index in [0.717, 1.165) is 10.8 Å². The SMILES string of the molecule is COc1cnc(O[C@@H]2CCN(C(=O)CNc3cccc(C(=O)NC(C)(C)C)c3)C2)c2cc(Cl)ccc12. The zero-order chi connectivity index (χ0) is 25.9. The van der Waals surface area contributed by atoms with Gasteiger partial charge in [0.05, 0.1) is 26.4 Å². The summed E-state index contributed by atoms with van der Waals surface area (Å²) in [6.45, 7) is 6.97. The van der Waals surface area contributed by atoms with E-state index in [1.54, 1.807) is 48.5 Å². The van der Waals surface area contributed by atoms with Gasteiger partial charge in [-0.3, -0.25) is 9.59 Å². The third kappa shape index (κ3) is 6.18. The number of hydrogen-bond donors (Lipinski definition) is 2. The van der Waals surface area contributed by atoms with Crippen molar-refractivity contribution in [3.8, 4) is 11.6 Å². The smallest absolute Gasteiger partial charge is 0.251 e. The average Bonchev–Trinajstić information content (AvgIpc) is 3.30. The van der Waals surface area contributed by atoms with Crippen LogP contribution in [0.5, 0.6) is 11.6 Å². The number of nitrogens with one attached hydrogen (secondary N) is 2. The summed E-state index contributed by atoms with van der Waals surface area (Å²) in [5.74, 6) is 0.915. The van der Waals surface area contributed by atoms with Gasteiger partial charge in [0.25, 0.3) is 5.91 Å². The minimum Gasteiger partial charge on any atom is -0.494 e. The Hall–Kier alpha value is -3.52. The molecule has 2 aromatic carbocycles. The van der Waals surface area contributed by atoms with Crippen molar-refractivity contribution in [3.05, 3.63) is 59.2 Å². The summed E-state index contributed by atoms with van der Waals surface area (Å²) in [6, 6.07) is 12.6. The number of carbonyl (C=O) groups is 2. The average molecular weight is 511 g/mol. The van der Waals surface area contributed by atoms with E-state index in [-0.39, 0.29) is 30.0 Å². The number of rotatable bonds is 7. The lowest BCUT2D eigenvalue weighted by molar-refractivity contribution is -0.128. The highest BCUT2D eigenvalue weighted by atomic mass is 35.5. The number of anilines is 1. The van der Waals surface area contributed by atoms with Gasteiger partial charge in [0.1, 0.15) is 11.9 Å². The van der Waals surface area contributed by atoms with Crippen molar-refractivity contribution in [1.29, 1.82) is 0 Å². The van der Waals surface area contributed by atoms with Crippen molar-refractivity contribution in [2.75, 3.05) is 32.1 Å². The Kier molecular flexibility index (Phi) is 7.54. The number of benzene rings is 2. The van der Waals surface area contributed by atoms with Crippen LogP contribution in [0.4, 0.5) is 5.69 Å². The molecule has 1 aliphatic heterocycles. The summed E-state index contributed by atoms with van der Waals surface area (Å²) >= 11 is 6.20. The Morgan fingerprint density at radius 3 is 2.72 bits per heavy atom. The summed E-state index contributed by atoms with van der Waals surface area (Å²) < 4.78 is 11.6. The number of carbonyl (C=O) groups excluding carboxylic acids is 2. The summed E-state index contributed by atoms with van der Waals surface area (Å²) in [5, 5.41) is 8.29. The number of methoxy groups -OCH3 is 1. The number of amides is 2. The molecule has 9 heteroatoms. The molecule has 4 rings (SSSR count). The maximum Gasteiger partial charge on any atom is 0.251 e. The predicted molar refractivity (Wildman–Crippen MR) is 141 cm³/mol. The summed E-state index contributed by atoms with van der Waals surface area (Å²) in [4.78, 5) is 31.5. The van der Waals surface area contributed by atoms with E-state index < -0.39 is 0 Å². The van der Waals surface area contributed by atoms with Crippen molar-refractivity contribution < 1.29 is 19.1 Å². The number of aromatic nitrogens is 1. The molecule has 0 saturated carbocycles. The second-order valence-corrected chi connectivity index (χ2v) is 10.3. The third-order valence-corrected chi connectivity index (χ3v) is 6.06. The third-order valence-electron chi connectivity index (χ3n) is 5.83. The topological polar surface area (TPSA) is 92.8 Å². The van der Waals surface area contributed by atoms with Crippen LogP contribution in [0.1, 0.15) is 37.6 Å². The van der Waals surface area contributed by atoms with Gasteiger partial charge in [-0.2, -0.15) is 0 Å². The number of hydrogen-bond acceptors (Lipinski definition) is 6. The van der Waals surface area contributed by atoms with Crippen LogP contribution in [-0.2, 0) is 4.79 Å². The molecule has 0 radical (unpaired) electrons. The number of halogens is 1. The maximum absolute atomic E-state index is 12.8. The molecule has 2 amide bonds. The molecule has 0 unspecified atom stereocenters. The fraction of sp³-hybridized carbons (Fsp3) is 0.370. The van der Waals surface area contributed by atoms with Gasteiger partial charge in [-0.15, -0.1) is 0 Å². The molecule has 1 saturated heterocycles. The van der Waals surface area contributed by atoms with Gasteiger partial charge in [-0.1, -0.05) is 17.7 Å². The van der Waals surface area contributed by atoms with Gasteiger partial charge in [-0.25, -0.2) is 4.98 Å². The molecule has 190 valence electrons. The summed E-state index contributed by atoms with van der Waals surface area (Å²) in [5.41, 5.74) is 0.920. The largest absolute Gasteiger partial charge is 0.494 e. The Morgan fingerprint density at radius 2 is 1.97 bits per heavy atom. The monoisotopic (exact) mass is 510 g/mol. The Labute approximate surface area is 215 Å². The van der Waals surface area contributed by atoms with Crippen LogP contribution in [0.3, 0.4) is 0 Å². The van der Waals surface area contributed by atoms with Crippen molar-refractivity contribution in [2.24, 2.45) is 0 Å². The Morgan fingerprint density at radius 1 is 1.17 bits per heavy atom. The van der Waals surface area contributed by atoms with Crippen molar-refractivity contribution in [1.82, 2.24) is 15.2 Å². The molecule has 0 bridgehead atoms. The standard InChI is InChI=1S/C27H31ClN4O4/c1-27(2,3)31-25(34)17-6-5-7-19(12-17)29-15-24(33)32-11-10-20(16-32)36-26-22-13-18(28)8-9-21(22)23(35-4)14-30-26/h5-9,12-14,20,29H,10-11,15-16H2,1-4H3,(H,31,34)/t20-/m1/s1. The molecule has 1 aromatic heterocycles. The van der Waals surface area contributed by atoms with E-state index in [9.17, 15) is 9.59 Å². The van der Waals surface area contributed by atoms with Gasteiger partial charge in [0, 0.05) is 45.6 Å². The molecule has 3 aromatic rings. The van der Waals surface area contributed by atoms with Crippen molar-refractivity contribution >= 4 is 39.9 Å². The zero-order valence-electron chi connectivity index (χ0n) is 20.9. The molecule has 1 atom stereocenters. The highest BCUT2D eigenvalue weighted by Gasteiger charge is 2.28. The Bertz CT molecular complexity index is 1270.